The Kier molecular flexibility index (Phi) is 7.27. The van der Waals surface area contributed by atoms with Gasteiger partial charge in [-0.3, -0.25) is 9.79 Å². The molecule has 2 N–H and O–H groups in total. The van der Waals surface area contributed by atoms with Crippen LogP contribution < -0.4 is 4.90 Å². The molecule has 1 unspecified atom stereocenters. The maximum absolute atomic E-state index is 14.8. The zero-order valence-electron chi connectivity index (χ0n) is 23.0. The number of hydrogen-bond donors (Lipinski definition) is 2. The molecule has 0 aromatic heterocycles. The van der Waals surface area contributed by atoms with Crippen LogP contribution >= 0.6 is 11.6 Å². The van der Waals surface area contributed by atoms with Crippen molar-refractivity contribution in [3.05, 3.63) is 149 Å². The number of carbonyl (C=O) groups excluding carboxylic acids is 1. The summed E-state index contributed by atoms with van der Waals surface area (Å²) in [6, 6.07) is 37.4. The van der Waals surface area contributed by atoms with E-state index in [1.54, 1.807) is 47.4 Å². The molecule has 1 heterocycles. The number of carbonyl (C=O) groups is 1. The first-order valence-electron chi connectivity index (χ1n) is 13.7. The number of fused-ring (bicyclic) bond motifs is 1. The standard InChI is InChI=1S/C36H29ClN2O3/c1-36(22-27-9-5-6-10-31(27)25-7-3-2-4-8-25)35(42)39(23-24-11-16-29(40)17-12-24)33-20-15-28(37)21-32(33)34(38-36)26-13-18-30(41)19-14-26/h2-21,40-41H,22-23H2,1H3. The quantitative estimate of drug-likeness (QED) is 0.218. The van der Waals surface area contributed by atoms with E-state index in [1.165, 1.54) is 0 Å². The third kappa shape index (κ3) is 5.39. The molecule has 0 saturated heterocycles. The summed E-state index contributed by atoms with van der Waals surface area (Å²) < 4.78 is 0. The molecule has 0 fully saturated rings. The highest BCUT2D eigenvalue weighted by atomic mass is 35.5. The number of halogens is 1. The molecule has 208 valence electrons. The van der Waals surface area contributed by atoms with Gasteiger partial charge in [-0.25, -0.2) is 0 Å². The van der Waals surface area contributed by atoms with Gasteiger partial charge >= 0.3 is 0 Å². The number of aromatic hydroxyl groups is 2. The first-order chi connectivity index (χ1) is 20.3. The molecule has 5 nitrogen and oxygen atoms in total. The fourth-order valence-corrected chi connectivity index (χ4v) is 5.70. The van der Waals surface area contributed by atoms with Crippen molar-refractivity contribution in [3.63, 3.8) is 0 Å². The summed E-state index contributed by atoms with van der Waals surface area (Å²) in [5.74, 6) is 0.146. The molecular weight excluding hydrogens is 544 g/mol. The highest BCUT2D eigenvalue weighted by Crippen LogP contribution is 2.38. The van der Waals surface area contributed by atoms with E-state index in [0.717, 1.165) is 33.4 Å². The molecular formula is C36H29ClN2O3. The van der Waals surface area contributed by atoms with E-state index in [0.29, 0.717) is 22.8 Å². The van der Waals surface area contributed by atoms with E-state index in [9.17, 15) is 15.0 Å². The van der Waals surface area contributed by atoms with Crippen molar-refractivity contribution in [2.75, 3.05) is 4.90 Å². The van der Waals surface area contributed by atoms with Gasteiger partial charge in [0.05, 0.1) is 17.9 Å². The number of rotatable bonds is 6. The van der Waals surface area contributed by atoms with Crippen LogP contribution in [0.4, 0.5) is 5.69 Å². The molecule has 6 rings (SSSR count). The minimum Gasteiger partial charge on any atom is -0.508 e. The average molecular weight is 573 g/mol. The highest BCUT2D eigenvalue weighted by Gasteiger charge is 2.42. The van der Waals surface area contributed by atoms with E-state index >= 15 is 0 Å². The number of hydrogen-bond acceptors (Lipinski definition) is 4. The third-order valence-electron chi connectivity index (χ3n) is 7.62. The van der Waals surface area contributed by atoms with Crippen molar-refractivity contribution >= 4 is 28.9 Å². The van der Waals surface area contributed by atoms with E-state index in [2.05, 4.69) is 24.3 Å². The Morgan fingerprint density at radius 3 is 2.10 bits per heavy atom. The van der Waals surface area contributed by atoms with Crippen LogP contribution in [0.2, 0.25) is 5.02 Å². The van der Waals surface area contributed by atoms with Gasteiger partial charge < -0.3 is 15.1 Å². The average Bonchev–Trinajstić information content (AvgIpc) is 3.08. The van der Waals surface area contributed by atoms with Crippen molar-refractivity contribution < 1.29 is 15.0 Å². The van der Waals surface area contributed by atoms with Crippen LogP contribution in [0.25, 0.3) is 11.1 Å². The van der Waals surface area contributed by atoms with Gasteiger partial charge in [0.15, 0.2) is 0 Å². The van der Waals surface area contributed by atoms with Gasteiger partial charge in [-0.1, -0.05) is 78.3 Å². The van der Waals surface area contributed by atoms with Crippen LogP contribution in [0, 0.1) is 0 Å². The van der Waals surface area contributed by atoms with Crippen LogP contribution in [0.15, 0.2) is 126 Å². The van der Waals surface area contributed by atoms with Crippen molar-refractivity contribution in [3.8, 4) is 22.6 Å². The monoisotopic (exact) mass is 572 g/mol. The number of phenolic OH excluding ortho intramolecular Hbond substituents is 2. The number of benzene rings is 5. The Bertz CT molecular complexity index is 1780. The van der Waals surface area contributed by atoms with Gasteiger partial charge in [-0.05, 0) is 83.8 Å². The summed E-state index contributed by atoms with van der Waals surface area (Å²) in [6.07, 6.45) is 0.353. The molecule has 5 aromatic carbocycles. The smallest absolute Gasteiger partial charge is 0.255 e. The van der Waals surface area contributed by atoms with Gasteiger partial charge in [0.25, 0.3) is 5.91 Å². The van der Waals surface area contributed by atoms with Crippen LogP contribution in [-0.2, 0) is 17.8 Å². The maximum Gasteiger partial charge on any atom is 0.255 e. The molecule has 1 aliphatic heterocycles. The van der Waals surface area contributed by atoms with Gasteiger partial charge in [0.1, 0.15) is 17.0 Å². The van der Waals surface area contributed by atoms with Crippen molar-refractivity contribution in [1.29, 1.82) is 0 Å². The van der Waals surface area contributed by atoms with E-state index in [-0.39, 0.29) is 24.0 Å². The van der Waals surface area contributed by atoms with Gasteiger partial charge in [-0.15, -0.1) is 0 Å². The van der Waals surface area contributed by atoms with Gasteiger partial charge in [-0.2, -0.15) is 0 Å². The number of anilines is 1. The van der Waals surface area contributed by atoms with Crippen molar-refractivity contribution in [2.45, 2.75) is 25.4 Å². The minimum atomic E-state index is -1.19. The Morgan fingerprint density at radius 2 is 1.38 bits per heavy atom. The fourth-order valence-electron chi connectivity index (χ4n) is 5.53. The van der Waals surface area contributed by atoms with Crippen LogP contribution in [0.3, 0.4) is 0 Å². The lowest BCUT2D eigenvalue weighted by Gasteiger charge is -2.31. The Hall–Kier alpha value is -4.87. The Balaban J connectivity index is 1.55. The summed E-state index contributed by atoms with van der Waals surface area (Å²) in [6.45, 7) is 2.16. The largest absolute Gasteiger partial charge is 0.508 e. The second kappa shape index (κ2) is 11.2. The van der Waals surface area contributed by atoms with Crippen LogP contribution in [0.5, 0.6) is 11.5 Å². The number of phenols is 2. The molecule has 6 heteroatoms. The number of amides is 1. The lowest BCUT2D eigenvalue weighted by Crippen LogP contribution is -2.47. The predicted octanol–water partition coefficient (Wildman–Crippen LogP) is 7.80. The molecule has 5 aromatic rings. The van der Waals surface area contributed by atoms with Gasteiger partial charge in [0.2, 0.25) is 0 Å². The minimum absolute atomic E-state index is 0.142. The summed E-state index contributed by atoms with van der Waals surface area (Å²) in [4.78, 5) is 21.8. The Labute approximate surface area is 250 Å². The summed E-state index contributed by atoms with van der Waals surface area (Å²) in [5.41, 5.74) is 5.57. The van der Waals surface area contributed by atoms with Crippen molar-refractivity contribution in [2.24, 2.45) is 4.99 Å². The van der Waals surface area contributed by atoms with Crippen molar-refractivity contribution in [1.82, 2.24) is 0 Å². The molecule has 42 heavy (non-hydrogen) atoms. The maximum atomic E-state index is 14.8. The molecule has 0 spiro atoms. The second-order valence-electron chi connectivity index (χ2n) is 10.7. The van der Waals surface area contributed by atoms with Crippen LogP contribution in [-0.4, -0.2) is 27.4 Å². The topological polar surface area (TPSA) is 73.1 Å². The normalized spacial score (nSPS) is 16.5. The number of nitrogens with zero attached hydrogens (tertiary/aromatic N) is 2. The molecule has 1 aliphatic rings. The summed E-state index contributed by atoms with van der Waals surface area (Å²) in [5, 5.41) is 20.4. The molecule has 1 amide bonds. The zero-order chi connectivity index (χ0) is 29.3. The SMILES string of the molecule is CC1(Cc2ccccc2-c2ccccc2)N=C(c2ccc(O)cc2)c2cc(Cl)ccc2N(Cc2ccc(O)cc2)C1=O. The fraction of sp³-hybridized carbons (Fsp3) is 0.111. The summed E-state index contributed by atoms with van der Waals surface area (Å²) in [7, 11) is 0. The predicted molar refractivity (Wildman–Crippen MR) is 168 cm³/mol. The first kappa shape index (κ1) is 27.3. The lowest BCUT2D eigenvalue weighted by molar-refractivity contribution is -0.123. The van der Waals surface area contributed by atoms with E-state index < -0.39 is 5.54 Å². The molecule has 0 saturated carbocycles. The lowest BCUT2D eigenvalue weighted by atomic mass is 9.87. The second-order valence-corrected chi connectivity index (χ2v) is 11.1. The number of aliphatic imine (C=N–C) groups is 1. The molecule has 0 aliphatic carbocycles. The van der Waals surface area contributed by atoms with E-state index in [4.69, 9.17) is 16.6 Å². The first-order valence-corrected chi connectivity index (χ1v) is 14.1. The zero-order valence-corrected chi connectivity index (χ0v) is 23.8. The Morgan fingerprint density at radius 1 is 0.738 bits per heavy atom. The van der Waals surface area contributed by atoms with Gasteiger partial charge in [0, 0.05) is 22.6 Å². The molecule has 0 radical (unpaired) electrons. The molecule has 0 bridgehead atoms. The third-order valence-corrected chi connectivity index (χ3v) is 7.86. The highest BCUT2D eigenvalue weighted by molar-refractivity contribution is 6.32. The molecule has 1 atom stereocenters. The summed E-state index contributed by atoms with van der Waals surface area (Å²) >= 11 is 6.53. The van der Waals surface area contributed by atoms with E-state index in [1.807, 2.05) is 61.5 Å². The number of benzodiazepines with no additional fused rings is 1. The van der Waals surface area contributed by atoms with Crippen LogP contribution in [0.1, 0.15) is 29.2 Å².